The second kappa shape index (κ2) is 12.5. The molecule has 0 saturated heterocycles. The van der Waals surface area contributed by atoms with Crippen LogP contribution in [0.1, 0.15) is 182 Å². The molecule has 8 fully saturated rings. The number of carbonyl (C=O) groups is 2. The molecule has 0 aromatic carbocycles. The maximum atomic E-state index is 12.3. The van der Waals surface area contributed by atoms with Gasteiger partial charge in [-0.3, -0.25) is 9.59 Å². The molecule has 8 aliphatic rings. The fourth-order valence-electron chi connectivity index (χ4n) is 12.9. The van der Waals surface area contributed by atoms with E-state index in [2.05, 4.69) is 41.5 Å². The van der Waals surface area contributed by atoms with Crippen LogP contribution in [-0.4, -0.2) is 33.8 Å². The van der Waals surface area contributed by atoms with Crippen LogP contribution in [0.25, 0.3) is 0 Å². The minimum Gasteiger partial charge on any atom is -0.459 e. The van der Waals surface area contributed by atoms with Crippen molar-refractivity contribution in [1.82, 2.24) is 0 Å². The minimum absolute atomic E-state index is 0. The van der Waals surface area contributed by atoms with E-state index in [0.717, 1.165) is 64.2 Å². The molecule has 8 aliphatic carbocycles. The maximum Gasteiger partial charge on any atom is 0.309 e. The highest BCUT2D eigenvalue weighted by molar-refractivity contribution is 5.73. The molecule has 0 spiro atoms. The molecule has 260 valence electrons. The average Bonchev–Trinajstić information content (AvgIpc) is 2.70. The van der Waals surface area contributed by atoms with Gasteiger partial charge in [0, 0.05) is 6.42 Å². The summed E-state index contributed by atoms with van der Waals surface area (Å²) in [6.45, 7) is 19.8. The van der Waals surface area contributed by atoms with E-state index in [4.69, 9.17) is 9.47 Å². The summed E-state index contributed by atoms with van der Waals surface area (Å²) in [7, 11) is 0. The second-order valence-corrected chi connectivity index (χ2v) is 18.2. The second-order valence-electron chi connectivity index (χ2n) is 18.2. The highest BCUT2D eigenvalue weighted by Gasteiger charge is 2.67. The van der Waals surface area contributed by atoms with Crippen molar-refractivity contribution >= 4 is 11.9 Å². The summed E-state index contributed by atoms with van der Waals surface area (Å²) in [5.74, 6) is -0.0508. The smallest absolute Gasteiger partial charge is 0.309 e. The van der Waals surface area contributed by atoms with E-state index in [9.17, 15) is 14.7 Å². The van der Waals surface area contributed by atoms with Crippen LogP contribution in [0.4, 0.5) is 0 Å². The molecule has 0 radical (unpaired) electrons. The van der Waals surface area contributed by atoms with Crippen LogP contribution in [0.15, 0.2) is 0 Å². The fourth-order valence-corrected chi connectivity index (χ4v) is 12.9. The largest absolute Gasteiger partial charge is 0.459 e. The van der Waals surface area contributed by atoms with Crippen LogP contribution in [-0.2, 0) is 19.1 Å². The number of aliphatic hydroxyl groups is 1. The van der Waals surface area contributed by atoms with Gasteiger partial charge in [0.2, 0.25) is 0 Å². The van der Waals surface area contributed by atoms with E-state index in [-0.39, 0.29) is 69.9 Å². The summed E-state index contributed by atoms with van der Waals surface area (Å²) in [5.41, 5.74) is 0.229. The van der Waals surface area contributed by atoms with Gasteiger partial charge in [0.15, 0.2) is 0 Å². The Morgan fingerprint density at radius 1 is 0.523 bits per heavy atom. The molecule has 0 amide bonds. The van der Waals surface area contributed by atoms with Gasteiger partial charge in [0.25, 0.3) is 0 Å². The molecule has 0 aromatic rings. The van der Waals surface area contributed by atoms with Gasteiger partial charge in [-0.25, -0.2) is 0 Å². The Kier molecular flexibility index (Phi) is 11.6. The molecule has 0 heterocycles. The Labute approximate surface area is 273 Å². The molecule has 5 heteroatoms. The lowest BCUT2D eigenvalue weighted by Crippen LogP contribution is -2.66. The normalized spacial score (nSPS) is 46.4. The van der Waals surface area contributed by atoms with Crippen LogP contribution in [0.2, 0.25) is 0 Å². The minimum atomic E-state index is -0.617. The molecular formula is C39H74O5. The summed E-state index contributed by atoms with van der Waals surface area (Å²) >= 11 is 0. The third-order valence-electron chi connectivity index (χ3n) is 12.0. The van der Waals surface area contributed by atoms with Crippen molar-refractivity contribution in [2.24, 2.45) is 38.9 Å². The lowest BCUT2D eigenvalue weighted by Gasteiger charge is -2.68. The van der Waals surface area contributed by atoms with Gasteiger partial charge in [0.05, 0.1) is 17.4 Å². The zero-order valence-corrected chi connectivity index (χ0v) is 27.1. The van der Waals surface area contributed by atoms with Gasteiger partial charge in [-0.05, 0) is 111 Å². The van der Waals surface area contributed by atoms with Gasteiger partial charge in [-0.15, -0.1) is 0 Å². The van der Waals surface area contributed by atoms with Crippen LogP contribution in [0, 0.1) is 38.9 Å². The standard InChI is InChI=1S/C18H30O2.C17H28O3.4CH4/c1-6-13(2)14(19)20-18-10-15(3)7-16(4,11-18)9-17(5,8-15)12-18;1-5-12(2)13(18)20-17-9-14(3)6-15(4,10-17)8-16(19,7-14)11-17;;;;/h13H,6-12H2,1-5H3;12,19H,5-11H2,1-4H3;4*1H4. The van der Waals surface area contributed by atoms with E-state index < -0.39 is 11.2 Å². The number of hydrogen-bond donors (Lipinski definition) is 1. The van der Waals surface area contributed by atoms with E-state index in [1.165, 1.54) is 19.3 Å². The third-order valence-corrected chi connectivity index (χ3v) is 12.0. The number of hydrogen-bond acceptors (Lipinski definition) is 5. The summed E-state index contributed by atoms with van der Waals surface area (Å²) < 4.78 is 12.2. The van der Waals surface area contributed by atoms with E-state index >= 15 is 0 Å². The van der Waals surface area contributed by atoms with Crippen LogP contribution in [0.3, 0.4) is 0 Å². The molecule has 5 nitrogen and oxygen atoms in total. The van der Waals surface area contributed by atoms with Gasteiger partial charge in [-0.1, -0.05) is 92.0 Å². The van der Waals surface area contributed by atoms with Crippen molar-refractivity contribution < 1.29 is 24.2 Å². The van der Waals surface area contributed by atoms with Crippen LogP contribution in [0.5, 0.6) is 0 Å². The van der Waals surface area contributed by atoms with E-state index in [0.29, 0.717) is 22.7 Å². The highest BCUT2D eigenvalue weighted by atomic mass is 16.6. The molecule has 4 unspecified atom stereocenters. The van der Waals surface area contributed by atoms with Crippen LogP contribution < -0.4 is 0 Å². The number of esters is 2. The Morgan fingerprint density at radius 3 is 1.02 bits per heavy atom. The highest BCUT2D eigenvalue weighted by Crippen LogP contribution is 2.72. The first-order valence-electron chi connectivity index (χ1n) is 16.4. The molecule has 44 heavy (non-hydrogen) atoms. The van der Waals surface area contributed by atoms with Gasteiger partial charge >= 0.3 is 11.9 Å². The number of rotatable bonds is 6. The summed E-state index contributed by atoms with van der Waals surface area (Å²) in [4.78, 5) is 24.6. The summed E-state index contributed by atoms with van der Waals surface area (Å²) in [6, 6.07) is 0. The molecule has 8 bridgehead atoms. The average molecular weight is 623 g/mol. The first-order valence-corrected chi connectivity index (χ1v) is 16.4. The Morgan fingerprint density at radius 2 is 0.773 bits per heavy atom. The zero-order chi connectivity index (χ0) is 29.6. The molecule has 8 saturated carbocycles. The third kappa shape index (κ3) is 7.54. The van der Waals surface area contributed by atoms with Crippen molar-refractivity contribution in [1.29, 1.82) is 0 Å². The zero-order valence-electron chi connectivity index (χ0n) is 27.1. The van der Waals surface area contributed by atoms with Crippen molar-refractivity contribution in [3.05, 3.63) is 0 Å². The van der Waals surface area contributed by atoms with E-state index in [1.54, 1.807) is 0 Å². The number of carbonyl (C=O) groups excluding carboxylic acids is 2. The van der Waals surface area contributed by atoms with Crippen molar-refractivity contribution in [2.75, 3.05) is 0 Å². The van der Waals surface area contributed by atoms with E-state index in [1.807, 2.05) is 20.8 Å². The first-order chi connectivity index (χ1) is 18.2. The molecule has 0 aromatic heterocycles. The quantitative estimate of drug-likeness (QED) is 0.298. The first kappa shape index (κ1) is 40.9. The lowest BCUT2D eigenvalue weighted by atomic mass is 9.39. The molecule has 4 atom stereocenters. The van der Waals surface area contributed by atoms with Gasteiger partial charge in [0.1, 0.15) is 11.2 Å². The summed E-state index contributed by atoms with van der Waals surface area (Å²) in [6.07, 6.45) is 14.3. The van der Waals surface area contributed by atoms with Crippen molar-refractivity contribution in [2.45, 2.75) is 199 Å². The van der Waals surface area contributed by atoms with Crippen LogP contribution >= 0.6 is 0 Å². The number of ether oxygens (including phenoxy) is 2. The maximum absolute atomic E-state index is 12.3. The molecular weight excluding hydrogens is 548 g/mol. The Hall–Kier alpha value is -1.10. The van der Waals surface area contributed by atoms with Crippen molar-refractivity contribution in [3.63, 3.8) is 0 Å². The predicted molar refractivity (Wildman–Crippen MR) is 184 cm³/mol. The lowest BCUT2D eigenvalue weighted by molar-refractivity contribution is -0.261. The van der Waals surface area contributed by atoms with Crippen molar-refractivity contribution in [3.8, 4) is 0 Å². The monoisotopic (exact) mass is 623 g/mol. The SMILES string of the molecule is C.C.C.C.CCC(C)C(=O)OC12CC3(C)CC(C)(CC(C)(C3)C1)C2.CCC(C)C(=O)OC12CC3(C)CC(C)(CC(O)(C3)C1)C2. The molecule has 8 rings (SSSR count). The topological polar surface area (TPSA) is 72.8 Å². The Balaban J connectivity index is 0.000000403. The van der Waals surface area contributed by atoms with Gasteiger partial charge in [-0.2, -0.15) is 0 Å². The molecule has 1 N–H and O–H groups in total. The molecule has 0 aliphatic heterocycles. The van der Waals surface area contributed by atoms with Gasteiger partial charge < -0.3 is 14.6 Å². The fraction of sp³-hybridized carbons (Fsp3) is 0.949. The summed E-state index contributed by atoms with van der Waals surface area (Å²) in [5, 5.41) is 10.9. The predicted octanol–water partition coefficient (Wildman–Crippen LogP) is 10.7. The Bertz CT molecular complexity index is 856.